The highest BCUT2D eigenvalue weighted by molar-refractivity contribution is 5.87. The molecule has 0 aromatic heterocycles. The van der Waals surface area contributed by atoms with Crippen molar-refractivity contribution >= 4 is 5.78 Å². The Labute approximate surface area is 182 Å². The van der Waals surface area contributed by atoms with Gasteiger partial charge < -0.3 is 4.74 Å². The number of rotatable bonds is 3. The van der Waals surface area contributed by atoms with Gasteiger partial charge >= 0.3 is 0 Å². The number of hydrogen-bond donors (Lipinski definition) is 0. The minimum absolute atomic E-state index is 0.199. The Morgan fingerprint density at radius 1 is 0.938 bits per heavy atom. The molecule has 4 atom stereocenters. The van der Waals surface area contributed by atoms with Crippen LogP contribution < -0.4 is 4.74 Å². The molecular formula is C25H23F5O2. The fraction of sp³-hybridized carbons (Fsp3) is 0.480. The van der Waals surface area contributed by atoms with E-state index in [-0.39, 0.29) is 5.41 Å². The molecule has 0 N–H and O–H groups in total. The lowest BCUT2D eigenvalue weighted by Gasteiger charge is -2.48. The summed E-state index contributed by atoms with van der Waals surface area (Å²) in [5.74, 6) is -7.93. The number of fused-ring (bicyclic) bond motifs is 5. The van der Waals surface area contributed by atoms with E-state index in [0.717, 1.165) is 37.7 Å². The number of Topliss-reactive ketones (excluding diaryl/α,β-unsaturated/α-hetero) is 1. The summed E-state index contributed by atoms with van der Waals surface area (Å²) in [6, 6.07) is 5.42. The molecule has 0 unspecified atom stereocenters. The van der Waals surface area contributed by atoms with Crippen LogP contribution in [0.3, 0.4) is 0 Å². The molecule has 0 aliphatic heterocycles. The van der Waals surface area contributed by atoms with Crippen LogP contribution in [0.15, 0.2) is 18.2 Å². The van der Waals surface area contributed by atoms with Crippen molar-refractivity contribution in [2.75, 3.05) is 0 Å². The first-order chi connectivity index (χ1) is 15.2. The van der Waals surface area contributed by atoms with Gasteiger partial charge in [0.1, 0.15) is 18.1 Å². The predicted molar refractivity (Wildman–Crippen MR) is 107 cm³/mol. The predicted octanol–water partition coefficient (Wildman–Crippen LogP) is 6.39. The van der Waals surface area contributed by atoms with E-state index in [9.17, 15) is 26.7 Å². The van der Waals surface area contributed by atoms with Gasteiger partial charge in [-0.3, -0.25) is 4.79 Å². The number of ether oxygens (including phenoxy) is 1. The molecule has 170 valence electrons. The van der Waals surface area contributed by atoms with E-state index in [1.807, 2.05) is 6.07 Å². The SMILES string of the molecule is C[C@]12CC[C@H]3c4ccc(OCc5c(F)c(F)c(F)c(F)c5F)cc4CC[C@H]3[C@@H]1CCC2=O. The largest absolute Gasteiger partial charge is 0.489 e. The second kappa shape index (κ2) is 7.56. The Kier molecular flexibility index (Phi) is 5.06. The molecular weight excluding hydrogens is 427 g/mol. The summed E-state index contributed by atoms with van der Waals surface area (Å²) in [5, 5.41) is 0. The van der Waals surface area contributed by atoms with Crippen LogP contribution in [0.5, 0.6) is 5.75 Å². The molecule has 2 nitrogen and oxygen atoms in total. The maximum atomic E-state index is 13.9. The van der Waals surface area contributed by atoms with E-state index in [1.54, 1.807) is 12.1 Å². The summed E-state index contributed by atoms with van der Waals surface area (Å²) in [4.78, 5) is 12.5. The molecule has 0 saturated heterocycles. The van der Waals surface area contributed by atoms with Crippen LogP contribution in [-0.2, 0) is 17.8 Å². The maximum Gasteiger partial charge on any atom is 0.200 e. The number of carbonyl (C=O) groups excluding carboxylic acids is 1. The molecule has 0 heterocycles. The molecule has 7 heteroatoms. The summed E-state index contributed by atoms with van der Waals surface area (Å²) in [6.45, 7) is 1.36. The van der Waals surface area contributed by atoms with E-state index in [2.05, 4.69) is 6.92 Å². The fourth-order valence-corrected chi connectivity index (χ4v) is 6.35. The van der Waals surface area contributed by atoms with Gasteiger partial charge in [-0.1, -0.05) is 13.0 Å². The van der Waals surface area contributed by atoms with Crippen molar-refractivity contribution in [3.05, 3.63) is 64.0 Å². The molecule has 2 aromatic carbocycles. The third-order valence-electron chi connectivity index (χ3n) is 8.09. The van der Waals surface area contributed by atoms with Crippen LogP contribution in [0.25, 0.3) is 0 Å². The van der Waals surface area contributed by atoms with E-state index in [0.29, 0.717) is 35.7 Å². The van der Waals surface area contributed by atoms with Gasteiger partial charge in [0.2, 0.25) is 5.82 Å². The summed E-state index contributed by atoms with van der Waals surface area (Å²) >= 11 is 0. The standard InChI is InChI=1S/C25H23F5O2/c1-25-9-8-15-14-5-3-13(10-12(14)2-4-16(15)18(25)6-7-19(25)31)32-11-17-20(26)22(28)24(30)23(29)21(17)27/h3,5,10,15-16,18H,2,4,6-9,11H2,1H3/t15-,16+,18-,25-/m0/s1. The lowest BCUT2D eigenvalue weighted by atomic mass is 9.55. The number of aryl methyl sites for hydroxylation is 1. The van der Waals surface area contributed by atoms with Gasteiger partial charge in [0.05, 0.1) is 5.56 Å². The molecule has 32 heavy (non-hydrogen) atoms. The summed E-state index contributed by atoms with van der Waals surface area (Å²) in [5.41, 5.74) is 1.10. The first-order valence-corrected chi connectivity index (χ1v) is 11.0. The highest BCUT2D eigenvalue weighted by atomic mass is 19.2. The Bertz CT molecular complexity index is 1080. The van der Waals surface area contributed by atoms with E-state index < -0.39 is 41.3 Å². The van der Waals surface area contributed by atoms with Crippen LogP contribution in [0.4, 0.5) is 22.0 Å². The van der Waals surface area contributed by atoms with Gasteiger partial charge in [-0.15, -0.1) is 0 Å². The smallest absolute Gasteiger partial charge is 0.200 e. The molecule has 3 aliphatic carbocycles. The third kappa shape index (κ3) is 3.07. The van der Waals surface area contributed by atoms with E-state index >= 15 is 0 Å². The van der Waals surface area contributed by atoms with Crippen molar-refractivity contribution in [1.82, 2.24) is 0 Å². The fourth-order valence-electron chi connectivity index (χ4n) is 6.35. The zero-order valence-corrected chi connectivity index (χ0v) is 17.6. The zero-order valence-electron chi connectivity index (χ0n) is 17.6. The second-order valence-corrected chi connectivity index (χ2v) is 9.53. The minimum atomic E-state index is -2.18. The first-order valence-electron chi connectivity index (χ1n) is 11.0. The van der Waals surface area contributed by atoms with Crippen LogP contribution in [-0.4, -0.2) is 5.78 Å². The van der Waals surface area contributed by atoms with Crippen molar-refractivity contribution in [2.24, 2.45) is 17.3 Å². The number of hydrogen-bond acceptors (Lipinski definition) is 2. The van der Waals surface area contributed by atoms with Gasteiger partial charge in [-0.25, -0.2) is 22.0 Å². The lowest BCUT2D eigenvalue weighted by molar-refractivity contribution is -0.129. The highest BCUT2D eigenvalue weighted by Gasteiger charge is 2.54. The highest BCUT2D eigenvalue weighted by Crippen LogP contribution is 2.59. The van der Waals surface area contributed by atoms with Gasteiger partial charge in [-0.05, 0) is 73.1 Å². The number of benzene rings is 2. The van der Waals surface area contributed by atoms with E-state index in [1.165, 1.54) is 5.56 Å². The number of carbonyl (C=O) groups is 1. The molecule has 2 saturated carbocycles. The molecule has 0 spiro atoms. The van der Waals surface area contributed by atoms with Crippen LogP contribution in [0, 0.1) is 46.3 Å². The lowest BCUT2D eigenvalue weighted by Crippen LogP contribution is -2.42. The van der Waals surface area contributed by atoms with Gasteiger partial charge in [0.15, 0.2) is 23.3 Å². The van der Waals surface area contributed by atoms with Crippen molar-refractivity contribution in [3.8, 4) is 5.75 Å². The Morgan fingerprint density at radius 3 is 2.34 bits per heavy atom. The van der Waals surface area contributed by atoms with Crippen molar-refractivity contribution in [3.63, 3.8) is 0 Å². The number of halogens is 5. The molecule has 0 amide bonds. The minimum Gasteiger partial charge on any atom is -0.489 e. The monoisotopic (exact) mass is 450 g/mol. The average molecular weight is 450 g/mol. The Hall–Kier alpha value is -2.44. The molecule has 3 aliphatic rings. The first kappa shape index (κ1) is 21.4. The maximum absolute atomic E-state index is 13.9. The van der Waals surface area contributed by atoms with Crippen LogP contribution in [0.2, 0.25) is 0 Å². The summed E-state index contributed by atoms with van der Waals surface area (Å²) in [6.07, 6.45) is 5.22. The zero-order chi connectivity index (χ0) is 22.8. The molecule has 5 rings (SSSR count). The van der Waals surface area contributed by atoms with E-state index in [4.69, 9.17) is 4.74 Å². The summed E-state index contributed by atoms with van der Waals surface area (Å²) in [7, 11) is 0. The molecule has 0 bridgehead atoms. The van der Waals surface area contributed by atoms with Gasteiger partial charge in [0, 0.05) is 11.8 Å². The average Bonchev–Trinajstić information content (AvgIpc) is 3.10. The number of ketones is 1. The Balaban J connectivity index is 1.36. The Morgan fingerprint density at radius 2 is 1.62 bits per heavy atom. The van der Waals surface area contributed by atoms with Crippen molar-refractivity contribution in [2.45, 2.75) is 58.0 Å². The normalized spacial score (nSPS) is 28.8. The molecule has 0 radical (unpaired) electrons. The molecule has 2 aromatic rings. The quantitative estimate of drug-likeness (QED) is 0.308. The van der Waals surface area contributed by atoms with Crippen molar-refractivity contribution in [1.29, 1.82) is 0 Å². The van der Waals surface area contributed by atoms with Crippen LogP contribution in [0.1, 0.15) is 61.6 Å². The van der Waals surface area contributed by atoms with Gasteiger partial charge in [-0.2, -0.15) is 0 Å². The van der Waals surface area contributed by atoms with Gasteiger partial charge in [0.25, 0.3) is 0 Å². The topological polar surface area (TPSA) is 26.3 Å². The summed E-state index contributed by atoms with van der Waals surface area (Å²) < 4.78 is 73.3. The second-order valence-electron chi connectivity index (χ2n) is 9.53. The van der Waals surface area contributed by atoms with Crippen molar-refractivity contribution < 1.29 is 31.5 Å². The third-order valence-corrected chi connectivity index (χ3v) is 8.09. The van der Waals surface area contributed by atoms with Crippen LogP contribution >= 0.6 is 0 Å². The molecule has 2 fully saturated rings.